The number of hydrogen-bond acceptors (Lipinski definition) is 2. The van der Waals surface area contributed by atoms with Gasteiger partial charge in [0, 0.05) is 6.08 Å². The minimum atomic E-state index is -0.265. The van der Waals surface area contributed by atoms with Crippen LogP contribution in [0.3, 0.4) is 0 Å². The number of rotatable bonds is 5. The van der Waals surface area contributed by atoms with E-state index in [0.29, 0.717) is 6.61 Å². The molecule has 0 N–H and O–H groups in total. The molecule has 68 valence electrons. The van der Waals surface area contributed by atoms with Gasteiger partial charge in [-0.1, -0.05) is 11.6 Å². The average molecular weight is 168 g/mol. The van der Waals surface area contributed by atoms with Crippen molar-refractivity contribution in [2.75, 3.05) is 6.61 Å². The van der Waals surface area contributed by atoms with E-state index in [0.717, 1.165) is 18.4 Å². The summed E-state index contributed by atoms with van der Waals surface area (Å²) in [5.74, 6) is -0.265. The van der Waals surface area contributed by atoms with E-state index in [1.807, 2.05) is 13.0 Å². The number of carbonyl (C=O) groups is 1. The van der Waals surface area contributed by atoms with Crippen molar-refractivity contribution in [1.82, 2.24) is 0 Å². The van der Waals surface area contributed by atoms with E-state index in [-0.39, 0.29) is 5.97 Å². The van der Waals surface area contributed by atoms with E-state index < -0.39 is 0 Å². The summed E-state index contributed by atoms with van der Waals surface area (Å²) in [6.07, 6.45) is 5.06. The predicted molar refractivity (Wildman–Crippen MR) is 49.8 cm³/mol. The highest BCUT2D eigenvalue weighted by molar-refractivity contribution is 5.81. The molecule has 2 heteroatoms. The second kappa shape index (κ2) is 6.65. The van der Waals surface area contributed by atoms with E-state index >= 15 is 0 Å². The average Bonchev–Trinajstić information content (AvgIpc) is 1.98. The lowest BCUT2D eigenvalue weighted by atomic mass is 10.2. The normalized spacial score (nSPS) is 10.2. The first-order valence-electron chi connectivity index (χ1n) is 4.14. The lowest BCUT2D eigenvalue weighted by Crippen LogP contribution is -1.98. The van der Waals surface area contributed by atoms with Crippen LogP contribution >= 0.6 is 0 Å². The maximum Gasteiger partial charge on any atom is 0.330 e. The molecule has 0 amide bonds. The van der Waals surface area contributed by atoms with Crippen molar-refractivity contribution in [3.05, 3.63) is 24.3 Å². The highest BCUT2D eigenvalue weighted by atomic mass is 16.5. The zero-order valence-corrected chi connectivity index (χ0v) is 7.80. The molecule has 0 bridgehead atoms. The zero-order valence-electron chi connectivity index (χ0n) is 7.80. The Morgan fingerprint density at radius 2 is 2.25 bits per heavy atom. The van der Waals surface area contributed by atoms with E-state index in [1.165, 1.54) is 6.08 Å². The summed E-state index contributed by atoms with van der Waals surface area (Å²) in [5.41, 5.74) is 1.13. The standard InChI is InChI=1S/C10H16O2/c1-4-12-10(11)8-6-5-7-9(2)3/h6,8H,2,4-5,7H2,1,3H3/b8-6+. The first kappa shape index (κ1) is 11.0. The molecule has 2 nitrogen and oxygen atoms in total. The fourth-order valence-corrected chi connectivity index (χ4v) is 0.700. The largest absolute Gasteiger partial charge is 0.463 e. The van der Waals surface area contributed by atoms with Crippen LogP contribution < -0.4 is 0 Å². The number of carbonyl (C=O) groups excluding carboxylic acids is 1. The van der Waals surface area contributed by atoms with Crippen LogP contribution in [0.15, 0.2) is 24.3 Å². The number of ether oxygens (including phenoxy) is 1. The van der Waals surface area contributed by atoms with Gasteiger partial charge in [0.05, 0.1) is 6.61 Å². The fourth-order valence-electron chi connectivity index (χ4n) is 0.700. The van der Waals surface area contributed by atoms with E-state index in [2.05, 4.69) is 6.58 Å². The maximum absolute atomic E-state index is 10.8. The Bertz CT molecular complexity index is 180. The second-order valence-corrected chi connectivity index (χ2v) is 2.65. The van der Waals surface area contributed by atoms with Gasteiger partial charge in [0.15, 0.2) is 0 Å². The quantitative estimate of drug-likeness (QED) is 0.358. The fraction of sp³-hybridized carbons (Fsp3) is 0.500. The summed E-state index contributed by atoms with van der Waals surface area (Å²) in [7, 11) is 0. The third kappa shape index (κ3) is 7.06. The molecule has 0 fully saturated rings. The first-order valence-corrected chi connectivity index (χ1v) is 4.14. The molecule has 0 saturated heterocycles. The van der Waals surface area contributed by atoms with Crippen molar-refractivity contribution in [3.63, 3.8) is 0 Å². The van der Waals surface area contributed by atoms with Crippen LogP contribution in [0.5, 0.6) is 0 Å². The molecular formula is C10H16O2. The Balaban J connectivity index is 3.48. The van der Waals surface area contributed by atoms with Gasteiger partial charge in [0.25, 0.3) is 0 Å². The van der Waals surface area contributed by atoms with Gasteiger partial charge in [0.2, 0.25) is 0 Å². The highest BCUT2D eigenvalue weighted by Crippen LogP contribution is 2.00. The van der Waals surface area contributed by atoms with Gasteiger partial charge in [-0.15, -0.1) is 6.58 Å². The Kier molecular flexibility index (Phi) is 6.07. The molecule has 0 spiro atoms. The lowest BCUT2D eigenvalue weighted by Gasteiger charge is -1.95. The summed E-state index contributed by atoms with van der Waals surface area (Å²) in [5, 5.41) is 0. The number of hydrogen-bond donors (Lipinski definition) is 0. The van der Waals surface area contributed by atoms with E-state index in [9.17, 15) is 4.79 Å². The molecular weight excluding hydrogens is 152 g/mol. The number of esters is 1. The zero-order chi connectivity index (χ0) is 9.40. The SMILES string of the molecule is C=C(C)CC/C=C/C(=O)OCC. The van der Waals surface area contributed by atoms with Crippen molar-refractivity contribution >= 4 is 5.97 Å². The Hall–Kier alpha value is -1.05. The lowest BCUT2D eigenvalue weighted by molar-refractivity contribution is -0.137. The third-order valence-electron chi connectivity index (χ3n) is 1.28. The van der Waals surface area contributed by atoms with Crippen LogP contribution in [0.2, 0.25) is 0 Å². The molecule has 0 aliphatic heterocycles. The van der Waals surface area contributed by atoms with Crippen LogP contribution in [0.4, 0.5) is 0 Å². The highest BCUT2D eigenvalue weighted by Gasteiger charge is 1.91. The maximum atomic E-state index is 10.8. The minimum absolute atomic E-state index is 0.265. The summed E-state index contributed by atoms with van der Waals surface area (Å²) in [4.78, 5) is 10.8. The van der Waals surface area contributed by atoms with Crippen LogP contribution in [-0.4, -0.2) is 12.6 Å². The van der Waals surface area contributed by atoms with Gasteiger partial charge in [-0.2, -0.15) is 0 Å². The molecule has 0 aromatic heterocycles. The second-order valence-electron chi connectivity index (χ2n) is 2.65. The Morgan fingerprint density at radius 3 is 2.75 bits per heavy atom. The molecule has 0 radical (unpaired) electrons. The Morgan fingerprint density at radius 1 is 1.58 bits per heavy atom. The summed E-state index contributed by atoms with van der Waals surface area (Å²) >= 11 is 0. The summed E-state index contributed by atoms with van der Waals surface area (Å²) in [6.45, 7) is 7.95. The third-order valence-corrected chi connectivity index (χ3v) is 1.28. The van der Waals surface area contributed by atoms with Gasteiger partial charge < -0.3 is 4.74 Å². The molecule has 0 atom stereocenters. The molecule has 0 rings (SSSR count). The van der Waals surface area contributed by atoms with Crippen LogP contribution in [0.1, 0.15) is 26.7 Å². The van der Waals surface area contributed by atoms with Crippen LogP contribution in [-0.2, 0) is 9.53 Å². The van der Waals surface area contributed by atoms with Gasteiger partial charge in [-0.3, -0.25) is 0 Å². The summed E-state index contributed by atoms with van der Waals surface area (Å²) < 4.78 is 4.70. The van der Waals surface area contributed by atoms with Crippen molar-refractivity contribution in [1.29, 1.82) is 0 Å². The minimum Gasteiger partial charge on any atom is -0.463 e. The smallest absolute Gasteiger partial charge is 0.330 e. The van der Waals surface area contributed by atoms with E-state index in [1.54, 1.807) is 6.92 Å². The van der Waals surface area contributed by atoms with Crippen LogP contribution in [0.25, 0.3) is 0 Å². The van der Waals surface area contributed by atoms with Crippen molar-refractivity contribution in [2.45, 2.75) is 26.7 Å². The Labute approximate surface area is 73.9 Å². The van der Waals surface area contributed by atoms with Crippen molar-refractivity contribution in [3.8, 4) is 0 Å². The molecule has 0 saturated carbocycles. The summed E-state index contributed by atoms with van der Waals surface area (Å²) in [6, 6.07) is 0. The van der Waals surface area contributed by atoms with E-state index in [4.69, 9.17) is 4.74 Å². The molecule has 0 aliphatic rings. The van der Waals surface area contributed by atoms with Gasteiger partial charge in [0.1, 0.15) is 0 Å². The molecule has 0 aromatic rings. The van der Waals surface area contributed by atoms with Crippen molar-refractivity contribution in [2.24, 2.45) is 0 Å². The molecule has 0 aliphatic carbocycles. The molecule has 12 heavy (non-hydrogen) atoms. The van der Waals surface area contributed by atoms with Gasteiger partial charge in [-0.05, 0) is 26.7 Å². The number of allylic oxidation sites excluding steroid dienone is 2. The van der Waals surface area contributed by atoms with Gasteiger partial charge >= 0.3 is 5.97 Å². The molecule has 0 heterocycles. The predicted octanol–water partition coefficient (Wildman–Crippen LogP) is 2.46. The van der Waals surface area contributed by atoms with Crippen LogP contribution in [0, 0.1) is 0 Å². The molecule has 0 aromatic carbocycles. The van der Waals surface area contributed by atoms with Gasteiger partial charge in [-0.25, -0.2) is 4.79 Å². The van der Waals surface area contributed by atoms with Crippen molar-refractivity contribution < 1.29 is 9.53 Å². The monoisotopic (exact) mass is 168 g/mol. The molecule has 0 unspecified atom stereocenters. The first-order chi connectivity index (χ1) is 5.66. The topological polar surface area (TPSA) is 26.3 Å².